The number of sulfonamides is 2. The fourth-order valence-corrected chi connectivity index (χ4v) is 7.22. The SMILES string of the molecule is CN(C)CCCNS(=O)(=O)CCCCCCC(F)(C(F)(F)F)C(F)(F)F.C[N+](C)(CCCNS(=O)(=O)CCCCCCC(F)(C(F)(F)F)C(F)(F)F)CC(=O)[O-].O=C([O-])CCl.[Na+]. The van der Waals surface area contributed by atoms with Crippen LogP contribution in [-0.4, -0.2) is 153 Å². The van der Waals surface area contributed by atoms with Gasteiger partial charge in [0.25, 0.3) is 11.3 Å². The number of aliphatic carboxylic acids is 2. The smallest absolute Gasteiger partial charge is 0.549 e. The first kappa shape index (κ1) is 67.6. The first-order valence-electron chi connectivity index (χ1n) is 18.2. The van der Waals surface area contributed by atoms with Gasteiger partial charge in [0.15, 0.2) is 0 Å². The average molecular weight is 1010 g/mol. The van der Waals surface area contributed by atoms with Gasteiger partial charge in [0.2, 0.25) is 20.0 Å². The number of carboxylic acids is 2. The van der Waals surface area contributed by atoms with Crippen LogP contribution in [0.4, 0.5) is 61.5 Å². The summed E-state index contributed by atoms with van der Waals surface area (Å²) in [5, 5.41) is 19.7. The Balaban J connectivity index is -0.000000485. The van der Waals surface area contributed by atoms with Crippen LogP contribution in [0.5, 0.6) is 0 Å². The Kier molecular flexibility index (Phi) is 32.3. The number of carboxylic acid groups (broad SMARTS) is 2. The molecule has 0 aliphatic heterocycles. The maximum absolute atomic E-state index is 13.4. The molecular formula is C32H54ClF14N4NaO8S2. The summed E-state index contributed by atoms with van der Waals surface area (Å²) in [5.74, 6) is -3.56. The average Bonchev–Trinajstić information content (AvgIpc) is 3.06. The van der Waals surface area contributed by atoms with Crippen LogP contribution in [0.25, 0.3) is 0 Å². The molecule has 0 fully saturated rings. The Morgan fingerprint density at radius 2 is 0.871 bits per heavy atom. The summed E-state index contributed by atoms with van der Waals surface area (Å²) in [6.45, 7) is 1.09. The molecule has 0 bridgehead atoms. The Hall–Kier alpha value is -1.01. The molecule has 0 saturated heterocycles. The van der Waals surface area contributed by atoms with Crippen LogP contribution >= 0.6 is 11.6 Å². The molecule has 12 nitrogen and oxygen atoms in total. The van der Waals surface area contributed by atoms with Gasteiger partial charge in [-0.1, -0.05) is 25.7 Å². The van der Waals surface area contributed by atoms with Crippen molar-refractivity contribution in [3.8, 4) is 0 Å². The standard InChI is InChI=1S/C16H27F7N2O4S.C14H25F7N2O2S.C2H3ClO2.Na/c1-25(2,12-13(26)27)10-7-9-24-30(28,29)11-6-4-3-5-8-14(17,15(18,19)20)16(21,22)23;1-23(2)10-7-9-22-26(24,25)11-6-4-3-5-8-12(15,13(16,17)18)14(19,20)21;3-1-2(4)5;/h24H,3-12H2,1-2H3;22H,3-11H2,1-2H3;1H2,(H,4,5);/q;;;+1/p-1. The molecule has 0 unspecified atom stereocenters. The maximum Gasteiger partial charge on any atom is 1.00 e. The second-order valence-corrected chi connectivity index (χ2v) is 18.7. The Bertz CT molecular complexity index is 1460. The number of nitrogens with one attached hydrogen (secondary N) is 2. The fraction of sp³-hybridized carbons (Fsp3) is 0.938. The van der Waals surface area contributed by atoms with Crippen LogP contribution in [0.1, 0.15) is 77.0 Å². The van der Waals surface area contributed by atoms with Crippen molar-refractivity contribution in [1.82, 2.24) is 14.3 Å². The number of unbranched alkanes of at least 4 members (excludes halogenated alkanes) is 6. The van der Waals surface area contributed by atoms with E-state index in [1.54, 1.807) is 14.1 Å². The number of rotatable bonds is 27. The third-order valence-corrected chi connectivity index (χ3v) is 11.4. The normalized spacial score (nSPS) is 13.4. The summed E-state index contributed by atoms with van der Waals surface area (Å²) in [4.78, 5) is 21.6. The first-order valence-corrected chi connectivity index (χ1v) is 22.1. The number of carbonyl (C=O) groups excluding carboxylic acids is 2. The quantitative estimate of drug-likeness (QED) is 0.0407. The molecule has 0 amide bonds. The third kappa shape index (κ3) is 30.2. The van der Waals surface area contributed by atoms with Crippen molar-refractivity contribution in [3.05, 3.63) is 0 Å². The van der Waals surface area contributed by atoms with E-state index < -0.39 is 99.6 Å². The Labute approximate surface area is 379 Å². The molecule has 368 valence electrons. The molecule has 0 spiro atoms. The summed E-state index contributed by atoms with van der Waals surface area (Å²) in [6, 6.07) is 0. The number of carbonyl (C=O) groups is 2. The van der Waals surface area contributed by atoms with E-state index in [4.69, 9.17) is 9.90 Å². The van der Waals surface area contributed by atoms with Crippen molar-refractivity contribution in [2.75, 3.05) is 78.3 Å². The van der Waals surface area contributed by atoms with Gasteiger partial charge >= 0.3 is 54.3 Å². The Morgan fingerprint density at radius 1 is 0.565 bits per heavy atom. The second kappa shape index (κ2) is 29.6. The van der Waals surface area contributed by atoms with E-state index in [9.17, 15) is 88.2 Å². The minimum Gasteiger partial charge on any atom is -0.549 e. The Morgan fingerprint density at radius 3 is 1.15 bits per heavy atom. The van der Waals surface area contributed by atoms with E-state index >= 15 is 0 Å². The predicted octanol–water partition coefficient (Wildman–Crippen LogP) is 1.53. The fourth-order valence-electron chi connectivity index (χ4n) is 4.85. The first-order chi connectivity index (χ1) is 27.2. The van der Waals surface area contributed by atoms with Gasteiger partial charge in [-0.2, -0.15) is 52.7 Å². The van der Waals surface area contributed by atoms with Crippen LogP contribution in [0.2, 0.25) is 0 Å². The molecule has 62 heavy (non-hydrogen) atoms. The molecule has 0 aliphatic carbocycles. The number of quaternary nitrogens is 1. The molecule has 0 aliphatic rings. The number of alkyl halides is 15. The molecule has 0 radical (unpaired) electrons. The van der Waals surface area contributed by atoms with Crippen molar-refractivity contribution in [2.24, 2.45) is 0 Å². The van der Waals surface area contributed by atoms with Gasteiger partial charge in [-0.25, -0.2) is 35.1 Å². The van der Waals surface area contributed by atoms with E-state index in [-0.39, 0.29) is 104 Å². The van der Waals surface area contributed by atoms with E-state index in [0.29, 0.717) is 25.9 Å². The molecule has 0 atom stereocenters. The molecule has 0 aromatic rings. The van der Waals surface area contributed by atoms with Crippen molar-refractivity contribution >= 4 is 43.6 Å². The second-order valence-electron chi connectivity index (χ2n) is 14.6. The van der Waals surface area contributed by atoms with E-state index in [1.165, 1.54) is 0 Å². The zero-order valence-corrected chi connectivity index (χ0v) is 39.2. The van der Waals surface area contributed by atoms with Gasteiger partial charge in [0.05, 0.1) is 50.0 Å². The van der Waals surface area contributed by atoms with Gasteiger partial charge in [0, 0.05) is 19.5 Å². The van der Waals surface area contributed by atoms with Crippen LogP contribution in [-0.2, 0) is 29.6 Å². The number of hydrogen-bond acceptors (Lipinski definition) is 9. The topological polar surface area (TPSA) is 176 Å². The van der Waals surface area contributed by atoms with E-state index in [2.05, 4.69) is 21.0 Å². The summed E-state index contributed by atoms with van der Waals surface area (Å²) < 4.78 is 227. The van der Waals surface area contributed by atoms with Crippen molar-refractivity contribution < 1.29 is 132 Å². The zero-order valence-electron chi connectivity index (χ0n) is 34.8. The molecule has 0 heterocycles. The predicted molar refractivity (Wildman–Crippen MR) is 192 cm³/mol. The van der Waals surface area contributed by atoms with E-state index in [0.717, 1.165) is 0 Å². The van der Waals surface area contributed by atoms with Crippen LogP contribution in [0.15, 0.2) is 0 Å². The zero-order chi connectivity index (χ0) is 48.8. The minimum absolute atomic E-state index is 0. The van der Waals surface area contributed by atoms with Gasteiger partial charge < -0.3 is 29.2 Å². The number of hydrogen-bond donors (Lipinski definition) is 2. The number of likely N-dealkylation sites (N-methyl/N-ethyl adjacent to an activating group) is 1. The van der Waals surface area contributed by atoms with Crippen LogP contribution in [0, 0.1) is 0 Å². The van der Waals surface area contributed by atoms with Gasteiger partial charge in [-0.15, -0.1) is 11.6 Å². The van der Waals surface area contributed by atoms with Crippen molar-refractivity contribution in [1.29, 1.82) is 0 Å². The van der Waals surface area contributed by atoms with Gasteiger partial charge in [-0.3, -0.25) is 0 Å². The van der Waals surface area contributed by atoms with Crippen LogP contribution < -0.4 is 49.2 Å². The minimum atomic E-state index is -6.08. The molecule has 30 heteroatoms. The number of halogens is 15. The summed E-state index contributed by atoms with van der Waals surface area (Å²) in [5.41, 5.74) is -10.5. The molecule has 2 N–H and O–H groups in total. The third-order valence-electron chi connectivity index (χ3n) is 8.20. The molecule has 0 saturated carbocycles. The molecule has 0 rings (SSSR count). The van der Waals surface area contributed by atoms with E-state index in [1.807, 2.05) is 19.0 Å². The number of nitrogens with zero attached hydrogens (tertiary/aromatic N) is 2. The van der Waals surface area contributed by atoms with Crippen molar-refractivity contribution in [3.63, 3.8) is 0 Å². The van der Waals surface area contributed by atoms with Crippen molar-refractivity contribution in [2.45, 2.75) is 113 Å². The van der Waals surface area contributed by atoms with Crippen LogP contribution in [0.3, 0.4) is 0 Å². The maximum atomic E-state index is 13.4. The molecule has 0 aromatic heterocycles. The largest absolute Gasteiger partial charge is 1.00 e. The summed E-state index contributed by atoms with van der Waals surface area (Å²) >= 11 is 4.67. The van der Waals surface area contributed by atoms with Gasteiger partial charge in [-0.05, 0) is 65.6 Å². The molecular weight excluding hydrogens is 957 g/mol. The summed E-state index contributed by atoms with van der Waals surface area (Å²) in [6.07, 6.45) is -28.3. The van der Waals surface area contributed by atoms with Gasteiger partial charge in [0.1, 0.15) is 6.54 Å². The molecule has 0 aromatic carbocycles. The summed E-state index contributed by atoms with van der Waals surface area (Å²) in [7, 11) is -0.319. The monoisotopic (exact) mass is 1010 g/mol.